The summed E-state index contributed by atoms with van der Waals surface area (Å²) in [5.74, 6) is -0.496. The molecule has 7 heteroatoms. The van der Waals surface area contributed by atoms with Crippen LogP contribution in [0.1, 0.15) is 52.8 Å². The minimum Gasteiger partial charge on any atom is -0.417 e. The first-order valence-corrected chi connectivity index (χ1v) is 15.3. The zero-order valence-electron chi connectivity index (χ0n) is 17.9. The Kier molecular flexibility index (Phi) is 7.61. The van der Waals surface area contributed by atoms with E-state index in [-0.39, 0.29) is 16.8 Å². The van der Waals surface area contributed by atoms with Gasteiger partial charge in [-0.3, -0.25) is 4.98 Å². The van der Waals surface area contributed by atoms with Crippen LogP contribution >= 0.6 is 0 Å². The fourth-order valence-corrected chi connectivity index (χ4v) is 4.32. The van der Waals surface area contributed by atoms with E-state index in [0.717, 1.165) is 0 Å². The number of nitrogens with two attached hydrogens (primary N) is 1. The summed E-state index contributed by atoms with van der Waals surface area (Å²) in [6.45, 7) is 20.5. The molecule has 1 heterocycles. The molecule has 0 saturated carbocycles. The van der Waals surface area contributed by atoms with Gasteiger partial charge >= 0.3 is 0 Å². The van der Waals surface area contributed by atoms with Crippen molar-refractivity contribution in [1.29, 1.82) is 0 Å². The lowest BCUT2D eigenvalue weighted by Gasteiger charge is -2.39. The molecular formula is C19H37FN2O2Si2. The fourth-order valence-electron chi connectivity index (χ4n) is 2.04. The van der Waals surface area contributed by atoms with Crippen molar-refractivity contribution in [1.82, 2.24) is 4.98 Å². The van der Waals surface area contributed by atoms with Crippen LogP contribution in [0.4, 0.5) is 10.1 Å². The summed E-state index contributed by atoms with van der Waals surface area (Å²) < 4.78 is 26.4. The lowest BCUT2D eigenvalue weighted by molar-refractivity contribution is 0.140. The average molecular weight is 401 g/mol. The molecular weight excluding hydrogens is 363 g/mol. The van der Waals surface area contributed by atoms with E-state index >= 15 is 0 Å². The average Bonchev–Trinajstić information content (AvgIpc) is 2.47. The number of nitrogen functional groups attached to an aromatic ring is 1. The molecule has 1 aromatic rings. The van der Waals surface area contributed by atoms with Gasteiger partial charge in [-0.15, -0.1) is 0 Å². The van der Waals surface area contributed by atoms with Gasteiger partial charge < -0.3 is 14.6 Å². The zero-order valence-corrected chi connectivity index (χ0v) is 19.9. The van der Waals surface area contributed by atoms with E-state index in [4.69, 9.17) is 14.6 Å². The number of halogens is 1. The predicted molar refractivity (Wildman–Crippen MR) is 113 cm³/mol. The first-order chi connectivity index (χ1) is 11.7. The van der Waals surface area contributed by atoms with E-state index < -0.39 is 22.5 Å². The molecule has 1 rings (SSSR count). The van der Waals surface area contributed by atoms with Crippen LogP contribution in [0.25, 0.3) is 0 Å². The summed E-state index contributed by atoms with van der Waals surface area (Å²) in [6, 6.07) is 1.60. The van der Waals surface area contributed by atoms with Crippen LogP contribution in [-0.2, 0) is 8.85 Å². The largest absolute Gasteiger partial charge is 0.417 e. The first-order valence-electron chi connectivity index (χ1n) is 9.40. The van der Waals surface area contributed by atoms with Gasteiger partial charge in [0, 0.05) is 13.0 Å². The number of pyridine rings is 1. The summed E-state index contributed by atoms with van der Waals surface area (Å²) in [6.07, 6.45) is 1.63. The predicted octanol–water partition coefficient (Wildman–Crippen LogP) is 5.89. The minimum absolute atomic E-state index is 0.0731. The summed E-state index contributed by atoms with van der Waals surface area (Å²) in [7, 11) is -3.73. The van der Waals surface area contributed by atoms with Gasteiger partial charge in [-0.05, 0) is 42.8 Å². The highest BCUT2D eigenvalue weighted by Gasteiger charge is 2.40. The molecule has 1 atom stereocenters. The van der Waals surface area contributed by atoms with Crippen LogP contribution in [0.15, 0.2) is 12.3 Å². The number of nitrogens with zero attached hydrogens (tertiary/aromatic N) is 1. The molecule has 26 heavy (non-hydrogen) atoms. The standard InChI is InChI=1S/C19H37FN2O2Si2/c1-14(2)25(6,7)23-11-10-18(24-26(8,9)19(3,4)5)17-12-16(21)15(20)13-22-17/h12-14,18H,10-11H2,1-9H3,(H2,21,22). The Balaban J connectivity index is 3.00. The lowest BCUT2D eigenvalue weighted by Crippen LogP contribution is -2.42. The van der Waals surface area contributed by atoms with Crippen molar-refractivity contribution in [2.24, 2.45) is 0 Å². The third-order valence-corrected chi connectivity index (χ3v) is 13.9. The van der Waals surface area contributed by atoms with E-state index in [2.05, 4.69) is 65.8 Å². The van der Waals surface area contributed by atoms with Gasteiger partial charge in [-0.2, -0.15) is 0 Å². The van der Waals surface area contributed by atoms with Crippen LogP contribution in [0.3, 0.4) is 0 Å². The molecule has 0 aliphatic carbocycles. The Bertz CT molecular complexity index is 602. The molecule has 1 aromatic heterocycles. The Morgan fingerprint density at radius 1 is 1.19 bits per heavy atom. The fraction of sp³-hybridized carbons (Fsp3) is 0.737. The normalized spacial score (nSPS) is 14.7. The second-order valence-electron chi connectivity index (χ2n) is 9.39. The molecule has 0 amide bonds. The van der Waals surface area contributed by atoms with E-state index in [9.17, 15) is 4.39 Å². The number of hydrogen-bond acceptors (Lipinski definition) is 4. The summed E-state index contributed by atoms with van der Waals surface area (Å²) >= 11 is 0. The molecule has 4 nitrogen and oxygen atoms in total. The molecule has 0 fully saturated rings. The van der Waals surface area contributed by atoms with Gasteiger partial charge in [0.1, 0.15) is 0 Å². The summed E-state index contributed by atoms with van der Waals surface area (Å²) in [4.78, 5) is 4.25. The maximum atomic E-state index is 13.5. The highest BCUT2D eigenvalue weighted by atomic mass is 28.4. The minimum atomic E-state index is -2.02. The van der Waals surface area contributed by atoms with Crippen molar-refractivity contribution in [3.8, 4) is 0 Å². The lowest BCUT2D eigenvalue weighted by atomic mass is 10.1. The molecule has 0 aromatic carbocycles. The second kappa shape index (κ2) is 8.50. The van der Waals surface area contributed by atoms with E-state index in [1.807, 2.05) is 0 Å². The van der Waals surface area contributed by atoms with Crippen molar-refractivity contribution in [3.63, 3.8) is 0 Å². The van der Waals surface area contributed by atoms with E-state index in [1.165, 1.54) is 6.20 Å². The van der Waals surface area contributed by atoms with Crippen LogP contribution in [0.5, 0.6) is 0 Å². The third-order valence-electron chi connectivity index (χ3n) is 5.72. The molecule has 0 aliphatic rings. The van der Waals surface area contributed by atoms with E-state index in [1.54, 1.807) is 6.07 Å². The van der Waals surface area contributed by atoms with Gasteiger partial charge in [0.2, 0.25) is 0 Å². The number of rotatable bonds is 8. The van der Waals surface area contributed by atoms with Crippen molar-refractivity contribution < 1.29 is 13.2 Å². The van der Waals surface area contributed by atoms with Crippen LogP contribution in [0.2, 0.25) is 36.8 Å². The molecule has 0 saturated heterocycles. The maximum Gasteiger partial charge on any atom is 0.192 e. The highest BCUT2D eigenvalue weighted by Crippen LogP contribution is 2.40. The van der Waals surface area contributed by atoms with Gasteiger partial charge in [-0.1, -0.05) is 34.6 Å². The number of aromatic nitrogens is 1. The zero-order chi connectivity index (χ0) is 20.3. The van der Waals surface area contributed by atoms with Gasteiger partial charge in [0.15, 0.2) is 22.5 Å². The smallest absolute Gasteiger partial charge is 0.192 e. The third kappa shape index (κ3) is 6.14. The molecule has 2 N–H and O–H groups in total. The Labute approximate surface area is 161 Å². The Hall–Kier alpha value is -0.766. The van der Waals surface area contributed by atoms with Crippen molar-refractivity contribution in [3.05, 3.63) is 23.8 Å². The van der Waals surface area contributed by atoms with Crippen LogP contribution < -0.4 is 5.73 Å². The highest BCUT2D eigenvalue weighted by molar-refractivity contribution is 6.74. The van der Waals surface area contributed by atoms with Gasteiger partial charge in [0.05, 0.1) is 23.7 Å². The molecule has 1 unspecified atom stereocenters. The van der Waals surface area contributed by atoms with Crippen molar-refractivity contribution in [2.45, 2.75) is 83.9 Å². The molecule has 0 aliphatic heterocycles. The maximum absolute atomic E-state index is 13.5. The van der Waals surface area contributed by atoms with Gasteiger partial charge in [0.25, 0.3) is 0 Å². The monoisotopic (exact) mass is 400 g/mol. The second-order valence-corrected chi connectivity index (χ2v) is 18.8. The van der Waals surface area contributed by atoms with Crippen molar-refractivity contribution in [2.75, 3.05) is 12.3 Å². The number of anilines is 1. The number of hydrogen-bond donors (Lipinski definition) is 1. The van der Waals surface area contributed by atoms with Gasteiger partial charge in [-0.25, -0.2) is 4.39 Å². The van der Waals surface area contributed by atoms with E-state index in [0.29, 0.717) is 24.3 Å². The van der Waals surface area contributed by atoms with Crippen molar-refractivity contribution >= 4 is 22.3 Å². The molecule has 150 valence electrons. The topological polar surface area (TPSA) is 57.4 Å². The molecule has 0 radical (unpaired) electrons. The first kappa shape index (κ1) is 23.3. The Morgan fingerprint density at radius 3 is 2.23 bits per heavy atom. The van der Waals surface area contributed by atoms with Crippen LogP contribution in [0, 0.1) is 5.82 Å². The Morgan fingerprint density at radius 2 is 1.77 bits per heavy atom. The quantitative estimate of drug-likeness (QED) is 0.553. The molecule has 0 spiro atoms. The molecule has 0 bridgehead atoms. The summed E-state index contributed by atoms with van der Waals surface area (Å²) in [5, 5.41) is 0.0731. The summed E-state index contributed by atoms with van der Waals surface area (Å²) in [5.41, 5.74) is 7.10. The SMILES string of the molecule is CC(C)[Si](C)(C)OCCC(O[Si](C)(C)C(C)(C)C)c1cc(N)c(F)cn1. The van der Waals surface area contributed by atoms with Crippen LogP contribution in [-0.4, -0.2) is 28.2 Å².